The Labute approximate surface area is 89.1 Å². The van der Waals surface area contributed by atoms with Gasteiger partial charge in [-0.1, -0.05) is 23.7 Å². The van der Waals surface area contributed by atoms with Gasteiger partial charge >= 0.3 is 0 Å². The van der Waals surface area contributed by atoms with Crippen LogP contribution in [0.25, 0.3) is 0 Å². The van der Waals surface area contributed by atoms with Gasteiger partial charge in [0.2, 0.25) is 6.71 Å². The minimum atomic E-state index is -0.161. The number of rotatable bonds is 1. The summed E-state index contributed by atoms with van der Waals surface area (Å²) in [5, 5.41) is 0. The number of aliphatic imine (C=N–C) groups is 1. The first kappa shape index (κ1) is 9.90. The normalized spacial score (nSPS) is 14.4. The van der Waals surface area contributed by atoms with Gasteiger partial charge in [-0.3, -0.25) is 4.99 Å². The number of nitrogens with zero attached hydrogens (tertiary/aromatic N) is 1. The second-order valence-corrected chi connectivity index (χ2v) is 3.56. The fourth-order valence-corrected chi connectivity index (χ4v) is 1.49. The van der Waals surface area contributed by atoms with Crippen molar-refractivity contribution in [2.45, 2.75) is 6.92 Å². The lowest BCUT2D eigenvalue weighted by Crippen LogP contribution is -2.30. The minimum Gasteiger partial charge on any atom is -0.278 e. The predicted octanol–water partition coefficient (Wildman–Crippen LogP) is 2.07. The summed E-state index contributed by atoms with van der Waals surface area (Å²) in [5.41, 5.74) is 1.60. The summed E-state index contributed by atoms with van der Waals surface area (Å²) in [6, 6.07) is 5.30. The molecule has 0 unspecified atom stereocenters. The summed E-state index contributed by atoms with van der Waals surface area (Å²) < 4.78 is 13.4. The third-order valence-electron chi connectivity index (χ3n) is 2.43. The molecule has 15 heavy (non-hydrogen) atoms. The number of aryl methyl sites for hydroxylation is 1. The molecule has 74 valence electrons. The Morgan fingerprint density at radius 2 is 2.13 bits per heavy atom. The van der Waals surface area contributed by atoms with Gasteiger partial charge < -0.3 is 0 Å². The summed E-state index contributed by atoms with van der Waals surface area (Å²) in [5.74, 6) is 1.84. The highest BCUT2D eigenvalue weighted by Crippen LogP contribution is 2.03. The largest absolute Gasteiger partial charge is 0.278 e. The van der Waals surface area contributed by atoms with E-state index in [-0.39, 0.29) is 12.5 Å². The van der Waals surface area contributed by atoms with Gasteiger partial charge in [-0.25, -0.2) is 4.39 Å². The Morgan fingerprint density at radius 1 is 1.27 bits per heavy atom. The van der Waals surface area contributed by atoms with Crippen LogP contribution in [0.1, 0.15) is 5.56 Å². The van der Waals surface area contributed by atoms with Crippen LogP contribution in [-0.4, -0.2) is 12.8 Å². The quantitative estimate of drug-likeness (QED) is 0.614. The highest BCUT2D eigenvalue weighted by molar-refractivity contribution is 6.99. The number of halogens is 1. The van der Waals surface area contributed by atoms with Crippen molar-refractivity contribution in [3.05, 3.63) is 53.9 Å². The topological polar surface area (TPSA) is 12.4 Å². The molecular weight excluding hydrogens is 188 g/mol. The van der Waals surface area contributed by atoms with Crippen LogP contribution < -0.4 is 5.46 Å². The molecule has 3 heteroatoms. The van der Waals surface area contributed by atoms with Crippen LogP contribution in [0.5, 0.6) is 0 Å². The summed E-state index contributed by atoms with van der Waals surface area (Å²) >= 11 is 0. The zero-order valence-electron chi connectivity index (χ0n) is 8.52. The zero-order chi connectivity index (χ0) is 10.7. The van der Waals surface area contributed by atoms with Crippen molar-refractivity contribution in [2.75, 3.05) is 0 Å². The molecule has 1 heterocycles. The Bertz CT molecular complexity index is 433. The minimum absolute atomic E-state index is 0.0649. The molecule has 0 amide bonds. The molecule has 0 N–H and O–H groups in total. The Kier molecular flexibility index (Phi) is 2.81. The van der Waals surface area contributed by atoms with Crippen LogP contribution in [0, 0.1) is 12.7 Å². The maximum Gasteiger partial charge on any atom is 0.248 e. The van der Waals surface area contributed by atoms with E-state index < -0.39 is 0 Å². The van der Waals surface area contributed by atoms with Gasteiger partial charge in [0.25, 0.3) is 0 Å². The van der Waals surface area contributed by atoms with E-state index in [1.807, 2.05) is 30.3 Å². The molecule has 1 nitrogen and oxygen atoms in total. The zero-order valence-corrected chi connectivity index (χ0v) is 8.52. The lowest BCUT2D eigenvalue weighted by atomic mass is 9.46. The Hall–Kier alpha value is -1.64. The summed E-state index contributed by atoms with van der Waals surface area (Å²) in [7, 11) is 0. The number of allylic oxidation sites excluding steroid dienone is 2. The first-order valence-electron chi connectivity index (χ1n) is 4.90. The fraction of sp³-hybridized carbons (Fsp3) is 0.0833. The van der Waals surface area contributed by atoms with Crippen LogP contribution in [0.4, 0.5) is 4.39 Å². The van der Waals surface area contributed by atoms with Crippen LogP contribution in [0.15, 0.2) is 47.5 Å². The molecule has 0 atom stereocenters. The van der Waals surface area contributed by atoms with Crippen molar-refractivity contribution in [3.63, 3.8) is 0 Å². The van der Waals surface area contributed by atoms with Crippen LogP contribution in [-0.2, 0) is 0 Å². The molecule has 0 saturated carbocycles. The lowest BCUT2D eigenvalue weighted by molar-refractivity contribution is 0.619. The van der Waals surface area contributed by atoms with E-state index in [0.717, 1.165) is 5.46 Å². The molecule has 0 bridgehead atoms. The van der Waals surface area contributed by atoms with Gasteiger partial charge in [0, 0.05) is 6.20 Å². The van der Waals surface area contributed by atoms with Gasteiger partial charge in [0.1, 0.15) is 5.82 Å². The van der Waals surface area contributed by atoms with E-state index in [4.69, 9.17) is 0 Å². The Morgan fingerprint density at radius 3 is 2.93 bits per heavy atom. The molecule has 0 aliphatic carbocycles. The standard InChI is InChI=1S/C12H11BFN/c1-10-4-5-11(8-12(10)14)13-6-2-3-7-15-9-13/h2-9H,1H3. The number of benzene rings is 1. The molecule has 0 spiro atoms. The van der Waals surface area contributed by atoms with Crippen molar-refractivity contribution < 1.29 is 4.39 Å². The van der Waals surface area contributed by atoms with Crippen LogP contribution in [0.3, 0.4) is 0 Å². The molecule has 1 aliphatic heterocycles. The summed E-state index contributed by atoms with van der Waals surface area (Å²) in [6.45, 7) is 1.83. The second kappa shape index (κ2) is 4.26. The average molecular weight is 199 g/mol. The predicted molar refractivity (Wildman–Crippen MR) is 63.3 cm³/mol. The molecular formula is C12H11BFN. The van der Waals surface area contributed by atoms with Crippen molar-refractivity contribution in [2.24, 2.45) is 4.99 Å². The van der Waals surface area contributed by atoms with Gasteiger partial charge in [0.15, 0.2) is 0 Å². The van der Waals surface area contributed by atoms with E-state index in [0.29, 0.717) is 5.56 Å². The smallest absolute Gasteiger partial charge is 0.248 e. The van der Waals surface area contributed by atoms with Crippen molar-refractivity contribution in [3.8, 4) is 0 Å². The fourth-order valence-electron chi connectivity index (χ4n) is 1.49. The molecule has 0 aromatic heterocycles. The maximum atomic E-state index is 13.4. The molecule has 2 rings (SSSR count). The summed E-state index contributed by atoms with van der Waals surface area (Å²) in [4.78, 5) is 4.09. The van der Waals surface area contributed by atoms with Crippen molar-refractivity contribution in [1.29, 1.82) is 0 Å². The molecule has 1 aliphatic rings. The Balaban J connectivity index is 2.33. The molecule has 1 aromatic carbocycles. The van der Waals surface area contributed by atoms with Gasteiger partial charge in [0.05, 0.1) is 0 Å². The van der Waals surface area contributed by atoms with Crippen molar-refractivity contribution >= 4 is 18.3 Å². The van der Waals surface area contributed by atoms with Crippen LogP contribution >= 0.6 is 0 Å². The van der Waals surface area contributed by atoms with E-state index >= 15 is 0 Å². The first-order chi connectivity index (χ1) is 7.27. The van der Waals surface area contributed by atoms with Gasteiger partial charge in [-0.05, 0) is 30.7 Å². The van der Waals surface area contributed by atoms with Gasteiger partial charge in [-0.2, -0.15) is 0 Å². The molecule has 0 fully saturated rings. The highest BCUT2D eigenvalue weighted by atomic mass is 19.1. The van der Waals surface area contributed by atoms with E-state index in [1.54, 1.807) is 25.3 Å². The van der Waals surface area contributed by atoms with Crippen molar-refractivity contribution in [1.82, 2.24) is 0 Å². The summed E-state index contributed by atoms with van der Waals surface area (Å²) in [6.07, 6.45) is 7.32. The first-order valence-corrected chi connectivity index (χ1v) is 4.90. The number of hydrogen-bond donors (Lipinski definition) is 0. The maximum absolute atomic E-state index is 13.4. The third-order valence-corrected chi connectivity index (χ3v) is 2.43. The van der Waals surface area contributed by atoms with E-state index in [2.05, 4.69) is 4.99 Å². The third kappa shape index (κ3) is 2.24. The van der Waals surface area contributed by atoms with E-state index in [9.17, 15) is 4.39 Å². The monoisotopic (exact) mass is 199 g/mol. The van der Waals surface area contributed by atoms with Crippen LogP contribution in [0.2, 0.25) is 0 Å². The van der Waals surface area contributed by atoms with Gasteiger partial charge in [-0.15, -0.1) is 5.98 Å². The second-order valence-electron chi connectivity index (χ2n) is 3.56. The highest BCUT2D eigenvalue weighted by Gasteiger charge is 2.12. The average Bonchev–Trinajstić information content (AvgIpc) is 2.50. The number of hydrogen-bond acceptors (Lipinski definition) is 1. The molecule has 0 saturated heterocycles. The molecule has 0 radical (unpaired) electrons. The molecule has 1 aromatic rings. The SMILES string of the molecule is Cc1ccc(B2C=CC=CN=C2)cc1F. The van der Waals surface area contributed by atoms with E-state index in [1.165, 1.54) is 0 Å². The lowest BCUT2D eigenvalue weighted by Gasteiger charge is -2.04.